The predicted octanol–water partition coefficient (Wildman–Crippen LogP) is 5.58. The summed E-state index contributed by atoms with van der Waals surface area (Å²) in [5.74, 6) is 1.86. The highest BCUT2D eigenvalue weighted by molar-refractivity contribution is 6.31. The third-order valence-corrected chi connectivity index (χ3v) is 5.72. The van der Waals surface area contributed by atoms with Gasteiger partial charge in [-0.25, -0.2) is 0 Å². The van der Waals surface area contributed by atoms with E-state index in [9.17, 15) is 4.79 Å². The molecule has 3 rings (SSSR count). The average Bonchev–Trinajstić information content (AvgIpc) is 3.30. The fourth-order valence-corrected chi connectivity index (χ4v) is 3.52. The second-order valence-corrected chi connectivity index (χ2v) is 8.45. The number of nitrogens with one attached hydrogen (secondary N) is 1. The van der Waals surface area contributed by atoms with E-state index in [1.807, 2.05) is 31.5 Å². The highest BCUT2D eigenvalue weighted by atomic mass is 35.5. The zero-order chi connectivity index (χ0) is 22.5. The molecule has 0 fully saturated rings. The third kappa shape index (κ3) is 5.70. The molecule has 0 aliphatic carbocycles. The van der Waals surface area contributed by atoms with Crippen LogP contribution in [0.1, 0.15) is 65.0 Å². The molecule has 0 saturated carbocycles. The minimum atomic E-state index is -0.240. The number of hydrogen-bond donors (Lipinski definition) is 1. The van der Waals surface area contributed by atoms with Crippen molar-refractivity contribution in [2.45, 2.75) is 60.1 Å². The number of benzene rings is 1. The molecule has 0 unspecified atom stereocenters. The number of halogens is 1. The van der Waals surface area contributed by atoms with Crippen LogP contribution in [0.3, 0.4) is 0 Å². The van der Waals surface area contributed by atoms with Gasteiger partial charge in [0.15, 0.2) is 5.76 Å². The molecule has 31 heavy (non-hydrogen) atoms. The second-order valence-electron chi connectivity index (χ2n) is 8.07. The van der Waals surface area contributed by atoms with Gasteiger partial charge in [-0.15, -0.1) is 0 Å². The van der Waals surface area contributed by atoms with Crippen LogP contribution in [0.25, 0.3) is 0 Å². The molecule has 0 radical (unpaired) electrons. The van der Waals surface area contributed by atoms with Gasteiger partial charge in [-0.3, -0.25) is 9.48 Å². The molecule has 6 nitrogen and oxygen atoms in total. The lowest BCUT2D eigenvalue weighted by Gasteiger charge is -2.14. The number of amides is 1. The molecule has 1 amide bonds. The number of rotatable bonds is 9. The van der Waals surface area contributed by atoms with Gasteiger partial charge in [-0.2, -0.15) is 5.10 Å². The maximum absolute atomic E-state index is 12.4. The molecule has 0 bridgehead atoms. The van der Waals surface area contributed by atoms with E-state index >= 15 is 0 Å². The molecule has 1 N–H and O–H groups in total. The van der Waals surface area contributed by atoms with Crippen molar-refractivity contribution in [3.05, 3.63) is 69.4 Å². The molecule has 3 aromatic rings. The van der Waals surface area contributed by atoms with Crippen molar-refractivity contribution in [1.82, 2.24) is 15.1 Å². The molecule has 166 valence electrons. The Morgan fingerprint density at radius 3 is 2.68 bits per heavy atom. The van der Waals surface area contributed by atoms with Crippen molar-refractivity contribution in [1.29, 1.82) is 0 Å². The highest BCUT2D eigenvalue weighted by Crippen LogP contribution is 2.28. The average molecular weight is 444 g/mol. The Labute approximate surface area is 188 Å². The van der Waals surface area contributed by atoms with E-state index in [2.05, 4.69) is 36.4 Å². The van der Waals surface area contributed by atoms with E-state index < -0.39 is 0 Å². The molecule has 0 aliphatic rings. The number of carbonyl (C=O) groups is 1. The summed E-state index contributed by atoms with van der Waals surface area (Å²) >= 11 is 6.16. The van der Waals surface area contributed by atoms with Crippen LogP contribution in [0.5, 0.6) is 5.75 Å². The van der Waals surface area contributed by atoms with Gasteiger partial charge < -0.3 is 14.5 Å². The van der Waals surface area contributed by atoms with E-state index in [1.165, 1.54) is 0 Å². The van der Waals surface area contributed by atoms with E-state index in [1.54, 1.807) is 12.1 Å². The normalized spacial score (nSPS) is 11.2. The van der Waals surface area contributed by atoms with E-state index in [4.69, 9.17) is 20.8 Å². The van der Waals surface area contributed by atoms with Crippen molar-refractivity contribution in [3.8, 4) is 5.75 Å². The van der Waals surface area contributed by atoms with Crippen LogP contribution >= 0.6 is 11.6 Å². The molecular formula is C24H30ClN3O3. The first-order valence-corrected chi connectivity index (χ1v) is 10.9. The van der Waals surface area contributed by atoms with Gasteiger partial charge in [-0.05, 0) is 62.4 Å². The first-order valence-electron chi connectivity index (χ1n) is 10.6. The first kappa shape index (κ1) is 22.9. The topological polar surface area (TPSA) is 69.3 Å². The van der Waals surface area contributed by atoms with Crippen molar-refractivity contribution in [3.63, 3.8) is 0 Å². The number of nitrogens with zero attached hydrogens (tertiary/aromatic N) is 2. The summed E-state index contributed by atoms with van der Waals surface area (Å²) in [4.78, 5) is 12.4. The fraction of sp³-hybridized carbons (Fsp3) is 0.417. The number of furan rings is 1. The Kier molecular flexibility index (Phi) is 7.44. The second kappa shape index (κ2) is 10.1. The Bertz CT molecular complexity index is 1050. The van der Waals surface area contributed by atoms with Gasteiger partial charge in [0.25, 0.3) is 5.91 Å². The highest BCUT2D eigenvalue weighted by Gasteiger charge is 2.13. The van der Waals surface area contributed by atoms with Crippen molar-refractivity contribution >= 4 is 17.5 Å². The zero-order valence-electron chi connectivity index (χ0n) is 18.8. The summed E-state index contributed by atoms with van der Waals surface area (Å²) in [7, 11) is 0. The number of aryl methyl sites for hydroxylation is 3. The van der Waals surface area contributed by atoms with Crippen molar-refractivity contribution < 1.29 is 13.9 Å². The summed E-state index contributed by atoms with van der Waals surface area (Å²) in [6, 6.07) is 9.66. The van der Waals surface area contributed by atoms with Gasteiger partial charge >= 0.3 is 0 Å². The summed E-state index contributed by atoms with van der Waals surface area (Å²) in [6.07, 6.45) is 0.742. The summed E-state index contributed by atoms with van der Waals surface area (Å²) in [6.45, 7) is 11.6. The smallest absolute Gasteiger partial charge is 0.286 e. The molecule has 0 saturated heterocycles. The monoisotopic (exact) mass is 443 g/mol. The SMILES string of the molecule is Cc1ccc(C(C)C)c(OCc2ccc(C(=O)NCCCn3nc(C)c(Cl)c3C)o2)c1. The maximum atomic E-state index is 12.4. The van der Waals surface area contributed by atoms with E-state index in [-0.39, 0.29) is 18.3 Å². The van der Waals surface area contributed by atoms with Crippen LogP contribution in [0.15, 0.2) is 34.7 Å². The molecule has 0 aliphatic heterocycles. The summed E-state index contributed by atoms with van der Waals surface area (Å²) in [5.41, 5.74) is 4.05. The lowest BCUT2D eigenvalue weighted by Crippen LogP contribution is -2.25. The van der Waals surface area contributed by atoms with Crippen LogP contribution in [0, 0.1) is 20.8 Å². The summed E-state index contributed by atoms with van der Waals surface area (Å²) in [5, 5.41) is 7.97. The summed E-state index contributed by atoms with van der Waals surface area (Å²) < 4.78 is 13.5. The van der Waals surface area contributed by atoms with E-state index in [0.29, 0.717) is 29.8 Å². The molecule has 2 heterocycles. The zero-order valence-corrected chi connectivity index (χ0v) is 19.5. The number of hydrogen-bond acceptors (Lipinski definition) is 4. The molecule has 0 spiro atoms. The number of carbonyl (C=O) groups excluding carboxylic acids is 1. The minimum absolute atomic E-state index is 0.240. The fourth-order valence-electron chi connectivity index (χ4n) is 3.38. The predicted molar refractivity (Wildman–Crippen MR) is 122 cm³/mol. The largest absolute Gasteiger partial charge is 0.485 e. The number of aromatic nitrogens is 2. The van der Waals surface area contributed by atoms with Gasteiger partial charge in [0.2, 0.25) is 0 Å². The van der Waals surface area contributed by atoms with Crippen LogP contribution in [0.2, 0.25) is 5.02 Å². The third-order valence-electron chi connectivity index (χ3n) is 5.17. The Morgan fingerprint density at radius 2 is 2.00 bits per heavy atom. The standard InChI is InChI=1S/C24H30ClN3O3/c1-15(2)20-9-7-16(3)13-22(20)30-14-19-8-10-21(31-19)24(29)26-11-6-12-28-18(5)23(25)17(4)27-28/h7-10,13,15H,6,11-12,14H2,1-5H3,(H,26,29). The lowest BCUT2D eigenvalue weighted by molar-refractivity contribution is 0.0920. The molecule has 1 aromatic carbocycles. The van der Waals surface area contributed by atoms with Gasteiger partial charge in [0.05, 0.1) is 16.4 Å². The molecule has 0 atom stereocenters. The minimum Gasteiger partial charge on any atom is -0.485 e. The molecule has 7 heteroatoms. The van der Waals surface area contributed by atoms with Gasteiger partial charge in [-0.1, -0.05) is 37.6 Å². The van der Waals surface area contributed by atoms with Crippen LogP contribution in [-0.4, -0.2) is 22.2 Å². The maximum Gasteiger partial charge on any atom is 0.286 e. The lowest BCUT2D eigenvalue weighted by atomic mass is 10.0. The van der Waals surface area contributed by atoms with Crippen molar-refractivity contribution in [2.24, 2.45) is 0 Å². The quantitative estimate of drug-likeness (QED) is 0.438. The Hall–Kier alpha value is -2.73. The van der Waals surface area contributed by atoms with Crippen LogP contribution in [0.4, 0.5) is 0 Å². The van der Waals surface area contributed by atoms with Crippen molar-refractivity contribution in [2.75, 3.05) is 6.54 Å². The Morgan fingerprint density at radius 1 is 1.23 bits per heavy atom. The first-order chi connectivity index (χ1) is 14.8. The molecular weight excluding hydrogens is 414 g/mol. The van der Waals surface area contributed by atoms with Crippen LogP contribution < -0.4 is 10.1 Å². The van der Waals surface area contributed by atoms with Gasteiger partial charge in [0.1, 0.15) is 18.1 Å². The van der Waals surface area contributed by atoms with E-state index in [0.717, 1.165) is 34.7 Å². The van der Waals surface area contributed by atoms with Gasteiger partial charge in [0, 0.05) is 13.1 Å². The Balaban J connectivity index is 1.49. The number of ether oxygens (including phenoxy) is 1. The van der Waals surface area contributed by atoms with Crippen LogP contribution in [-0.2, 0) is 13.2 Å². The molecule has 2 aromatic heterocycles.